The molecule has 1 heterocycles. The Morgan fingerprint density at radius 2 is 2.12 bits per heavy atom. The normalized spacial score (nSPS) is 11.3. The van der Waals surface area contributed by atoms with Gasteiger partial charge in [0.05, 0.1) is 12.2 Å². The monoisotopic (exact) mass is 239 g/mol. The predicted molar refractivity (Wildman–Crippen MR) is 69.8 cm³/mol. The maximum Gasteiger partial charge on any atom is 0.0964 e. The molecule has 17 heavy (non-hydrogen) atoms. The van der Waals surface area contributed by atoms with Crippen molar-refractivity contribution in [1.82, 2.24) is 25.2 Å². The first-order chi connectivity index (χ1) is 8.30. The molecule has 1 aromatic rings. The van der Waals surface area contributed by atoms with Crippen molar-refractivity contribution in [3.63, 3.8) is 0 Å². The van der Waals surface area contributed by atoms with E-state index >= 15 is 0 Å². The van der Waals surface area contributed by atoms with Crippen LogP contribution in [-0.2, 0) is 13.1 Å². The Bertz CT molecular complexity index is 297. The first-order valence-electron chi connectivity index (χ1n) is 6.62. The zero-order valence-electron chi connectivity index (χ0n) is 11.3. The van der Waals surface area contributed by atoms with Crippen LogP contribution in [0, 0.1) is 0 Å². The summed E-state index contributed by atoms with van der Waals surface area (Å²) < 4.78 is 1.94. The molecule has 0 fully saturated rings. The van der Waals surface area contributed by atoms with E-state index in [9.17, 15) is 0 Å². The van der Waals surface area contributed by atoms with Crippen molar-refractivity contribution in [2.45, 2.75) is 40.3 Å². The largest absolute Gasteiger partial charge is 0.311 e. The highest BCUT2D eigenvalue weighted by atomic mass is 15.4. The van der Waals surface area contributed by atoms with Crippen LogP contribution in [0.5, 0.6) is 0 Å². The SMILES string of the molecule is CCCN(CC)CCn1cc(CNCC)nn1. The fourth-order valence-corrected chi connectivity index (χ4v) is 1.77. The summed E-state index contributed by atoms with van der Waals surface area (Å²) in [6, 6.07) is 0. The molecular formula is C12H25N5. The number of nitrogens with one attached hydrogen (secondary N) is 1. The van der Waals surface area contributed by atoms with Gasteiger partial charge in [0.2, 0.25) is 0 Å². The van der Waals surface area contributed by atoms with E-state index < -0.39 is 0 Å². The molecule has 1 rings (SSSR count). The molecule has 0 unspecified atom stereocenters. The molecule has 0 radical (unpaired) electrons. The Balaban J connectivity index is 2.32. The molecule has 0 amide bonds. The minimum atomic E-state index is 0.808. The van der Waals surface area contributed by atoms with Crippen LogP contribution < -0.4 is 5.32 Å². The number of likely N-dealkylation sites (N-methyl/N-ethyl adjacent to an activating group) is 1. The smallest absolute Gasteiger partial charge is 0.0964 e. The fraction of sp³-hybridized carbons (Fsp3) is 0.833. The van der Waals surface area contributed by atoms with Crippen LogP contribution in [0.4, 0.5) is 0 Å². The molecular weight excluding hydrogens is 214 g/mol. The van der Waals surface area contributed by atoms with Gasteiger partial charge in [0.25, 0.3) is 0 Å². The Morgan fingerprint density at radius 1 is 1.29 bits per heavy atom. The summed E-state index contributed by atoms with van der Waals surface area (Å²) in [6.45, 7) is 12.5. The molecule has 0 aromatic carbocycles. The molecule has 0 saturated heterocycles. The lowest BCUT2D eigenvalue weighted by Crippen LogP contribution is -2.28. The summed E-state index contributed by atoms with van der Waals surface area (Å²) in [7, 11) is 0. The third kappa shape index (κ3) is 5.28. The zero-order chi connectivity index (χ0) is 12.5. The van der Waals surface area contributed by atoms with Gasteiger partial charge in [0.1, 0.15) is 0 Å². The first kappa shape index (κ1) is 14.1. The van der Waals surface area contributed by atoms with E-state index in [0.717, 1.165) is 45.0 Å². The topological polar surface area (TPSA) is 46.0 Å². The van der Waals surface area contributed by atoms with E-state index in [1.54, 1.807) is 0 Å². The van der Waals surface area contributed by atoms with Crippen LogP contribution in [0.15, 0.2) is 6.20 Å². The molecule has 0 aliphatic heterocycles. The number of hydrogen-bond donors (Lipinski definition) is 1. The van der Waals surface area contributed by atoms with Crippen LogP contribution in [0.2, 0.25) is 0 Å². The Morgan fingerprint density at radius 3 is 2.76 bits per heavy atom. The molecule has 0 atom stereocenters. The lowest BCUT2D eigenvalue weighted by molar-refractivity contribution is 0.271. The van der Waals surface area contributed by atoms with Crippen molar-refractivity contribution in [2.24, 2.45) is 0 Å². The Labute approximate surface area is 104 Å². The second-order valence-electron chi connectivity index (χ2n) is 4.19. The van der Waals surface area contributed by atoms with Gasteiger partial charge in [0, 0.05) is 19.3 Å². The van der Waals surface area contributed by atoms with Gasteiger partial charge in [-0.25, -0.2) is 0 Å². The molecule has 0 spiro atoms. The maximum absolute atomic E-state index is 4.14. The highest BCUT2D eigenvalue weighted by molar-refractivity contribution is 4.91. The van der Waals surface area contributed by atoms with Crippen LogP contribution in [-0.4, -0.2) is 46.1 Å². The minimum absolute atomic E-state index is 0.808. The van der Waals surface area contributed by atoms with Crippen LogP contribution in [0.25, 0.3) is 0 Å². The van der Waals surface area contributed by atoms with Gasteiger partial charge in [-0.2, -0.15) is 0 Å². The van der Waals surface area contributed by atoms with E-state index in [2.05, 4.69) is 41.3 Å². The second-order valence-corrected chi connectivity index (χ2v) is 4.19. The molecule has 5 heteroatoms. The van der Waals surface area contributed by atoms with Crippen molar-refractivity contribution >= 4 is 0 Å². The number of nitrogens with zero attached hydrogens (tertiary/aromatic N) is 4. The van der Waals surface area contributed by atoms with Gasteiger partial charge in [-0.15, -0.1) is 5.10 Å². The van der Waals surface area contributed by atoms with Crippen molar-refractivity contribution < 1.29 is 0 Å². The van der Waals surface area contributed by atoms with E-state index in [4.69, 9.17) is 0 Å². The highest BCUT2D eigenvalue weighted by Crippen LogP contribution is 1.95. The lowest BCUT2D eigenvalue weighted by atomic mass is 10.4. The van der Waals surface area contributed by atoms with E-state index in [1.807, 2.05) is 10.9 Å². The Hall–Kier alpha value is -0.940. The summed E-state index contributed by atoms with van der Waals surface area (Å²) in [5, 5.41) is 11.5. The average molecular weight is 239 g/mol. The standard InChI is InChI=1S/C12H25N5/c1-4-7-16(6-3)8-9-17-11-12(14-15-17)10-13-5-2/h11,13H,4-10H2,1-3H3. The quantitative estimate of drug-likeness (QED) is 0.701. The van der Waals surface area contributed by atoms with Crippen molar-refractivity contribution in [3.05, 3.63) is 11.9 Å². The van der Waals surface area contributed by atoms with Crippen LogP contribution in [0.1, 0.15) is 32.9 Å². The third-order valence-electron chi connectivity index (χ3n) is 2.77. The van der Waals surface area contributed by atoms with Crippen molar-refractivity contribution in [2.75, 3.05) is 26.2 Å². The van der Waals surface area contributed by atoms with Crippen molar-refractivity contribution in [3.8, 4) is 0 Å². The molecule has 0 aliphatic rings. The van der Waals surface area contributed by atoms with Gasteiger partial charge < -0.3 is 10.2 Å². The van der Waals surface area contributed by atoms with Crippen molar-refractivity contribution in [1.29, 1.82) is 0 Å². The molecule has 0 bridgehead atoms. The molecule has 0 saturated carbocycles. The number of rotatable bonds is 9. The van der Waals surface area contributed by atoms with Crippen LogP contribution >= 0.6 is 0 Å². The summed E-state index contributed by atoms with van der Waals surface area (Å²) in [5.74, 6) is 0. The third-order valence-corrected chi connectivity index (χ3v) is 2.77. The average Bonchev–Trinajstić information content (AvgIpc) is 2.80. The van der Waals surface area contributed by atoms with Gasteiger partial charge >= 0.3 is 0 Å². The van der Waals surface area contributed by atoms with E-state index in [0.29, 0.717) is 0 Å². The van der Waals surface area contributed by atoms with E-state index in [1.165, 1.54) is 6.42 Å². The molecule has 1 N–H and O–H groups in total. The van der Waals surface area contributed by atoms with Gasteiger partial charge in [-0.05, 0) is 26.1 Å². The summed E-state index contributed by atoms with van der Waals surface area (Å²) in [6.07, 6.45) is 3.24. The maximum atomic E-state index is 4.14. The first-order valence-corrected chi connectivity index (χ1v) is 6.62. The van der Waals surface area contributed by atoms with Gasteiger partial charge in [0.15, 0.2) is 0 Å². The number of aromatic nitrogens is 3. The van der Waals surface area contributed by atoms with E-state index in [-0.39, 0.29) is 0 Å². The lowest BCUT2D eigenvalue weighted by Gasteiger charge is -2.18. The zero-order valence-corrected chi connectivity index (χ0v) is 11.3. The summed E-state index contributed by atoms with van der Waals surface area (Å²) in [5.41, 5.74) is 1.02. The molecule has 1 aromatic heterocycles. The molecule has 0 aliphatic carbocycles. The van der Waals surface area contributed by atoms with Crippen LogP contribution in [0.3, 0.4) is 0 Å². The minimum Gasteiger partial charge on any atom is -0.311 e. The number of hydrogen-bond acceptors (Lipinski definition) is 4. The predicted octanol–water partition coefficient (Wildman–Crippen LogP) is 1.12. The molecule has 98 valence electrons. The second kappa shape index (κ2) is 8.20. The Kier molecular flexibility index (Phi) is 6.81. The van der Waals surface area contributed by atoms with Gasteiger partial charge in [-0.3, -0.25) is 4.68 Å². The fourth-order valence-electron chi connectivity index (χ4n) is 1.77. The summed E-state index contributed by atoms with van der Waals surface area (Å²) in [4.78, 5) is 2.44. The highest BCUT2D eigenvalue weighted by Gasteiger charge is 2.03. The molecule has 5 nitrogen and oxygen atoms in total. The van der Waals surface area contributed by atoms with Gasteiger partial charge in [-0.1, -0.05) is 26.0 Å². The summed E-state index contributed by atoms with van der Waals surface area (Å²) >= 11 is 0.